The van der Waals surface area contributed by atoms with Crippen LogP contribution in [0.4, 0.5) is 0 Å². The number of carbonyl (C=O) groups excluding carboxylic acids is 1. The van der Waals surface area contributed by atoms with E-state index in [0.29, 0.717) is 6.42 Å². The molecule has 0 fully saturated rings. The van der Waals surface area contributed by atoms with Crippen molar-refractivity contribution in [3.8, 4) is 5.88 Å². The van der Waals surface area contributed by atoms with Crippen molar-refractivity contribution in [2.75, 3.05) is 0 Å². The Labute approximate surface area is 144 Å². The smallest absolute Gasteiger partial charge is 0.258 e. The summed E-state index contributed by atoms with van der Waals surface area (Å²) < 4.78 is 0. The second kappa shape index (κ2) is 8.54. The second-order valence-corrected chi connectivity index (χ2v) is 6.59. The van der Waals surface area contributed by atoms with E-state index in [1.54, 1.807) is 0 Å². The molecule has 0 radical (unpaired) electrons. The fourth-order valence-corrected chi connectivity index (χ4v) is 3.17. The van der Waals surface area contributed by atoms with Crippen molar-refractivity contribution in [1.29, 1.82) is 0 Å². The molecule has 0 aliphatic carbocycles. The Hall–Kier alpha value is -2.28. The third kappa shape index (κ3) is 4.86. The number of rotatable bonds is 8. The van der Waals surface area contributed by atoms with Crippen LogP contribution in [0, 0.1) is 0 Å². The molecular formula is C17H19N2O4S-. The maximum Gasteiger partial charge on any atom is 0.258 e. The lowest BCUT2D eigenvalue weighted by Gasteiger charge is -2.16. The first-order valence-electron chi connectivity index (χ1n) is 7.74. The maximum absolute atomic E-state index is 12.2. The summed E-state index contributed by atoms with van der Waals surface area (Å²) in [4.78, 5) is 29.8. The number of aromatic hydroxyl groups is 1. The van der Waals surface area contributed by atoms with Crippen LogP contribution >= 0.6 is 11.8 Å². The first kappa shape index (κ1) is 18.1. The van der Waals surface area contributed by atoms with E-state index in [2.05, 4.69) is 9.97 Å². The van der Waals surface area contributed by atoms with Crippen molar-refractivity contribution in [3.05, 3.63) is 51.8 Å². The summed E-state index contributed by atoms with van der Waals surface area (Å²) in [6.07, 6.45) is 2.25. The monoisotopic (exact) mass is 347 g/mol. The van der Waals surface area contributed by atoms with Crippen LogP contribution in [-0.4, -0.2) is 26.3 Å². The molecule has 2 aromatic rings. The second-order valence-electron chi connectivity index (χ2n) is 5.40. The van der Waals surface area contributed by atoms with Crippen LogP contribution in [0.3, 0.4) is 0 Å². The van der Waals surface area contributed by atoms with Crippen molar-refractivity contribution in [2.24, 2.45) is 0 Å². The topological polar surface area (TPSA) is 106 Å². The molecule has 7 heteroatoms. The highest BCUT2D eigenvalue weighted by Gasteiger charge is 2.16. The number of nitrogens with one attached hydrogen (secondary N) is 1. The number of nitrogens with zero attached hydrogens (tertiary/aromatic N) is 1. The van der Waals surface area contributed by atoms with Gasteiger partial charge < -0.3 is 20.0 Å². The summed E-state index contributed by atoms with van der Waals surface area (Å²) >= 11 is 0.891. The minimum Gasteiger partial charge on any atom is -0.549 e. The molecule has 1 aromatic carbocycles. The molecule has 1 atom stereocenters. The van der Waals surface area contributed by atoms with Gasteiger partial charge in [-0.2, -0.15) is 4.98 Å². The van der Waals surface area contributed by atoms with Gasteiger partial charge in [0.15, 0.2) is 5.16 Å². The number of hydrogen-bond acceptors (Lipinski definition) is 6. The van der Waals surface area contributed by atoms with Crippen molar-refractivity contribution in [1.82, 2.24) is 9.97 Å². The van der Waals surface area contributed by atoms with Gasteiger partial charge in [-0.05, 0) is 12.0 Å². The summed E-state index contributed by atoms with van der Waals surface area (Å²) in [7, 11) is 0. The molecule has 24 heavy (non-hydrogen) atoms. The minimum absolute atomic E-state index is 0.0830. The van der Waals surface area contributed by atoms with E-state index >= 15 is 0 Å². The normalized spacial score (nSPS) is 12.0. The molecule has 1 unspecified atom stereocenters. The van der Waals surface area contributed by atoms with Gasteiger partial charge in [-0.1, -0.05) is 61.9 Å². The summed E-state index contributed by atoms with van der Waals surface area (Å²) in [6, 6.07) is 9.24. The summed E-state index contributed by atoms with van der Waals surface area (Å²) in [5.41, 5.74) is 0.557. The Bertz CT molecular complexity index is 746. The van der Waals surface area contributed by atoms with Crippen LogP contribution < -0.4 is 10.7 Å². The summed E-state index contributed by atoms with van der Waals surface area (Å²) in [5, 5.41) is 20.5. The number of hydrogen-bond donors (Lipinski definition) is 2. The van der Waals surface area contributed by atoms with E-state index < -0.39 is 16.8 Å². The maximum atomic E-state index is 12.2. The van der Waals surface area contributed by atoms with Crippen LogP contribution in [0.15, 0.2) is 40.3 Å². The van der Waals surface area contributed by atoms with Crippen LogP contribution in [0.2, 0.25) is 0 Å². The Morgan fingerprint density at radius 2 is 2.08 bits per heavy atom. The summed E-state index contributed by atoms with van der Waals surface area (Å²) in [5.74, 6) is -1.58. The first-order chi connectivity index (χ1) is 11.5. The number of H-pyrrole nitrogens is 1. The van der Waals surface area contributed by atoms with E-state index in [1.807, 2.05) is 37.3 Å². The highest BCUT2D eigenvalue weighted by molar-refractivity contribution is 8.00. The van der Waals surface area contributed by atoms with E-state index in [4.69, 9.17) is 0 Å². The van der Waals surface area contributed by atoms with Gasteiger partial charge in [-0.15, -0.1) is 0 Å². The number of thioether (sulfide) groups is 1. The van der Waals surface area contributed by atoms with E-state index in [1.165, 1.54) is 0 Å². The van der Waals surface area contributed by atoms with Gasteiger partial charge in [-0.25, -0.2) is 0 Å². The number of aliphatic carboxylic acids is 1. The molecule has 0 spiro atoms. The average Bonchev–Trinajstić information content (AvgIpc) is 2.55. The molecule has 2 rings (SSSR count). The zero-order valence-corrected chi connectivity index (χ0v) is 14.1. The summed E-state index contributed by atoms with van der Waals surface area (Å²) in [6.45, 7) is 1.96. The Morgan fingerprint density at radius 1 is 1.38 bits per heavy atom. The SMILES string of the molecule is CCCCC(Sc1nc(O)c(Cc2ccccc2)c(=O)[nH]1)C(=O)[O-]. The highest BCUT2D eigenvalue weighted by Crippen LogP contribution is 2.25. The molecule has 0 bridgehead atoms. The van der Waals surface area contributed by atoms with Gasteiger partial charge in [0, 0.05) is 6.42 Å². The molecule has 2 N–H and O–H groups in total. The fourth-order valence-electron chi connectivity index (χ4n) is 2.23. The van der Waals surface area contributed by atoms with Crippen LogP contribution in [0.5, 0.6) is 5.88 Å². The van der Waals surface area contributed by atoms with Gasteiger partial charge in [-0.3, -0.25) is 4.79 Å². The van der Waals surface area contributed by atoms with Crippen LogP contribution in [0.25, 0.3) is 0 Å². The number of aromatic amines is 1. The van der Waals surface area contributed by atoms with E-state index in [0.717, 1.165) is 30.2 Å². The van der Waals surface area contributed by atoms with E-state index in [-0.39, 0.29) is 23.0 Å². The average molecular weight is 347 g/mol. The number of unbranched alkanes of at least 4 members (excludes halogenated alkanes) is 1. The number of aromatic nitrogens is 2. The predicted octanol–water partition coefficient (Wildman–Crippen LogP) is 1.47. The van der Waals surface area contributed by atoms with Gasteiger partial charge in [0.25, 0.3) is 5.56 Å². The quantitative estimate of drug-likeness (QED) is 0.553. The van der Waals surface area contributed by atoms with Gasteiger partial charge in [0.2, 0.25) is 5.88 Å². The molecule has 128 valence electrons. The third-order valence-corrected chi connectivity index (χ3v) is 4.66. The number of carbonyl (C=O) groups is 1. The predicted molar refractivity (Wildman–Crippen MR) is 89.9 cm³/mol. The Morgan fingerprint density at radius 3 is 2.67 bits per heavy atom. The minimum atomic E-state index is -1.20. The van der Waals surface area contributed by atoms with Gasteiger partial charge in [0.05, 0.1) is 16.8 Å². The number of carboxylic acids is 1. The fraction of sp³-hybridized carbons (Fsp3) is 0.353. The standard InChI is InChI=1S/C17H20N2O4S/c1-2-3-9-13(16(22)23)24-17-18-14(20)12(15(21)19-17)10-11-7-5-4-6-8-11/h4-8,13H,2-3,9-10H2,1H3,(H,22,23)(H2,18,19,20,21)/p-1. The van der Waals surface area contributed by atoms with Crippen molar-refractivity contribution in [2.45, 2.75) is 43.0 Å². The molecular weight excluding hydrogens is 328 g/mol. The van der Waals surface area contributed by atoms with Crippen LogP contribution in [-0.2, 0) is 11.2 Å². The molecule has 0 amide bonds. The Kier molecular flexibility index (Phi) is 6.43. The molecule has 0 saturated heterocycles. The molecule has 0 saturated carbocycles. The van der Waals surface area contributed by atoms with Crippen molar-refractivity contribution < 1.29 is 15.0 Å². The highest BCUT2D eigenvalue weighted by atomic mass is 32.2. The molecule has 0 aliphatic rings. The first-order valence-corrected chi connectivity index (χ1v) is 8.62. The van der Waals surface area contributed by atoms with Crippen molar-refractivity contribution >= 4 is 17.7 Å². The molecule has 1 aromatic heterocycles. The molecule has 1 heterocycles. The number of carboxylic acid groups (broad SMARTS) is 1. The van der Waals surface area contributed by atoms with Crippen molar-refractivity contribution in [3.63, 3.8) is 0 Å². The van der Waals surface area contributed by atoms with Gasteiger partial charge in [0.1, 0.15) is 0 Å². The largest absolute Gasteiger partial charge is 0.549 e. The lowest BCUT2D eigenvalue weighted by molar-refractivity contribution is -0.304. The van der Waals surface area contributed by atoms with Gasteiger partial charge >= 0.3 is 0 Å². The van der Waals surface area contributed by atoms with Crippen LogP contribution in [0.1, 0.15) is 37.3 Å². The zero-order valence-electron chi connectivity index (χ0n) is 13.3. The number of benzene rings is 1. The molecule has 0 aliphatic heterocycles. The lowest BCUT2D eigenvalue weighted by Crippen LogP contribution is -2.33. The lowest BCUT2D eigenvalue weighted by atomic mass is 10.1. The Balaban J connectivity index is 2.19. The zero-order chi connectivity index (χ0) is 17.5. The third-order valence-electron chi connectivity index (χ3n) is 3.53. The molecule has 6 nitrogen and oxygen atoms in total. The van der Waals surface area contributed by atoms with E-state index in [9.17, 15) is 19.8 Å².